The number of ether oxygens (including phenoxy) is 1. The molecule has 0 saturated heterocycles. The van der Waals surface area contributed by atoms with Crippen LogP contribution >= 0.6 is 0 Å². The van der Waals surface area contributed by atoms with Crippen molar-refractivity contribution in [3.63, 3.8) is 0 Å². The van der Waals surface area contributed by atoms with Gasteiger partial charge in [-0.15, -0.1) is 0 Å². The average Bonchev–Trinajstić information content (AvgIpc) is 2.75. The SMILES string of the molecule is CCNC(=O)c1ccc(C)c(-n2ccc3ccc(OCCN(C)CC)cc3c2=O)c1. The Morgan fingerprint density at radius 3 is 2.67 bits per heavy atom. The van der Waals surface area contributed by atoms with E-state index in [-0.39, 0.29) is 11.5 Å². The number of amides is 1. The zero-order valence-corrected chi connectivity index (χ0v) is 18.1. The largest absolute Gasteiger partial charge is 0.492 e. The lowest BCUT2D eigenvalue weighted by atomic mass is 10.1. The summed E-state index contributed by atoms with van der Waals surface area (Å²) in [6.07, 6.45) is 1.76. The monoisotopic (exact) mass is 407 g/mol. The zero-order valence-electron chi connectivity index (χ0n) is 18.1. The van der Waals surface area contributed by atoms with Crippen molar-refractivity contribution < 1.29 is 9.53 Å². The Hall–Kier alpha value is -3.12. The van der Waals surface area contributed by atoms with E-state index in [0.29, 0.717) is 35.5 Å². The van der Waals surface area contributed by atoms with Crippen molar-refractivity contribution in [2.45, 2.75) is 20.8 Å². The Labute approximate surface area is 177 Å². The number of benzene rings is 2. The van der Waals surface area contributed by atoms with Crippen LogP contribution in [-0.2, 0) is 0 Å². The van der Waals surface area contributed by atoms with Crippen LogP contribution in [0.15, 0.2) is 53.5 Å². The lowest BCUT2D eigenvalue weighted by Crippen LogP contribution is -2.24. The standard InChI is InChI=1S/C24H29N3O3/c1-5-25-23(28)19-8-7-17(3)22(15-19)27-12-11-18-9-10-20(16-21(18)24(27)29)30-14-13-26(4)6-2/h7-12,15-16H,5-6,13-14H2,1-4H3,(H,25,28). The molecule has 3 aromatic rings. The summed E-state index contributed by atoms with van der Waals surface area (Å²) >= 11 is 0. The van der Waals surface area contributed by atoms with Gasteiger partial charge in [0.15, 0.2) is 0 Å². The van der Waals surface area contributed by atoms with Gasteiger partial charge in [0.25, 0.3) is 11.5 Å². The van der Waals surface area contributed by atoms with Crippen LogP contribution in [0.4, 0.5) is 0 Å². The molecule has 158 valence electrons. The second-order valence-electron chi connectivity index (χ2n) is 7.35. The zero-order chi connectivity index (χ0) is 21.7. The van der Waals surface area contributed by atoms with Gasteiger partial charge in [0.05, 0.1) is 11.1 Å². The molecular formula is C24H29N3O3. The highest BCUT2D eigenvalue weighted by molar-refractivity contribution is 5.95. The maximum atomic E-state index is 13.3. The Morgan fingerprint density at radius 2 is 1.93 bits per heavy atom. The predicted octanol–water partition coefficient (Wildman–Crippen LogP) is 3.38. The highest BCUT2D eigenvalue weighted by atomic mass is 16.5. The Bertz CT molecular complexity index is 1100. The van der Waals surface area contributed by atoms with Gasteiger partial charge < -0.3 is 15.0 Å². The fourth-order valence-corrected chi connectivity index (χ4v) is 3.25. The fraction of sp³-hybridized carbons (Fsp3) is 0.333. The van der Waals surface area contributed by atoms with Gasteiger partial charge in [0, 0.05) is 24.8 Å². The van der Waals surface area contributed by atoms with E-state index in [0.717, 1.165) is 24.0 Å². The van der Waals surface area contributed by atoms with Gasteiger partial charge in [-0.3, -0.25) is 14.2 Å². The second-order valence-corrected chi connectivity index (χ2v) is 7.35. The van der Waals surface area contributed by atoms with Gasteiger partial charge in [-0.25, -0.2) is 0 Å². The first-order valence-electron chi connectivity index (χ1n) is 10.3. The minimum Gasteiger partial charge on any atom is -0.492 e. The number of pyridine rings is 1. The number of hydrogen-bond acceptors (Lipinski definition) is 4. The van der Waals surface area contributed by atoms with E-state index in [1.165, 1.54) is 0 Å². The van der Waals surface area contributed by atoms with Crippen molar-refractivity contribution in [2.75, 3.05) is 33.3 Å². The number of hydrogen-bond donors (Lipinski definition) is 1. The highest BCUT2D eigenvalue weighted by Crippen LogP contribution is 2.21. The molecule has 1 amide bonds. The first-order chi connectivity index (χ1) is 14.4. The highest BCUT2D eigenvalue weighted by Gasteiger charge is 2.12. The molecule has 0 aliphatic heterocycles. The second kappa shape index (κ2) is 9.59. The molecule has 0 bridgehead atoms. The van der Waals surface area contributed by atoms with E-state index in [1.807, 2.05) is 45.2 Å². The predicted molar refractivity (Wildman–Crippen MR) is 121 cm³/mol. The molecule has 6 nitrogen and oxygen atoms in total. The van der Waals surface area contributed by atoms with Crippen LogP contribution in [-0.4, -0.2) is 48.7 Å². The van der Waals surface area contributed by atoms with E-state index in [4.69, 9.17) is 4.74 Å². The van der Waals surface area contributed by atoms with E-state index >= 15 is 0 Å². The van der Waals surface area contributed by atoms with Crippen molar-refractivity contribution in [1.29, 1.82) is 0 Å². The minimum absolute atomic E-state index is 0.139. The number of aromatic nitrogens is 1. The Kier molecular flexibility index (Phi) is 6.90. The summed E-state index contributed by atoms with van der Waals surface area (Å²) in [5, 5.41) is 4.24. The maximum absolute atomic E-state index is 13.3. The normalized spacial score (nSPS) is 11.1. The molecule has 0 spiro atoms. The molecule has 1 N–H and O–H groups in total. The first-order valence-corrected chi connectivity index (χ1v) is 10.3. The van der Waals surface area contributed by atoms with Crippen LogP contribution in [0, 0.1) is 6.92 Å². The van der Waals surface area contributed by atoms with E-state index in [9.17, 15) is 9.59 Å². The lowest BCUT2D eigenvalue weighted by molar-refractivity contribution is 0.0956. The summed E-state index contributed by atoms with van der Waals surface area (Å²) in [5.41, 5.74) is 2.00. The number of likely N-dealkylation sites (N-methyl/N-ethyl adjacent to an activating group) is 1. The molecule has 6 heteroatoms. The molecule has 1 aromatic heterocycles. The van der Waals surface area contributed by atoms with Gasteiger partial charge in [-0.1, -0.05) is 19.1 Å². The summed E-state index contributed by atoms with van der Waals surface area (Å²) in [6, 6.07) is 12.9. The van der Waals surface area contributed by atoms with E-state index in [2.05, 4.69) is 17.1 Å². The third-order valence-corrected chi connectivity index (χ3v) is 5.23. The molecule has 0 saturated carbocycles. The number of nitrogens with one attached hydrogen (secondary N) is 1. The number of rotatable bonds is 8. The Morgan fingerprint density at radius 1 is 1.13 bits per heavy atom. The van der Waals surface area contributed by atoms with Crippen molar-refractivity contribution in [1.82, 2.24) is 14.8 Å². The number of carbonyl (C=O) groups is 1. The molecular weight excluding hydrogens is 378 g/mol. The number of aryl methyl sites for hydroxylation is 1. The third kappa shape index (κ3) is 4.71. The molecule has 30 heavy (non-hydrogen) atoms. The van der Waals surface area contributed by atoms with Crippen LogP contribution in [0.3, 0.4) is 0 Å². The molecule has 0 fully saturated rings. The van der Waals surface area contributed by atoms with Crippen molar-refractivity contribution >= 4 is 16.7 Å². The molecule has 0 aliphatic rings. The maximum Gasteiger partial charge on any atom is 0.263 e. The summed E-state index contributed by atoms with van der Waals surface area (Å²) in [5.74, 6) is 0.523. The van der Waals surface area contributed by atoms with E-state index in [1.54, 1.807) is 29.0 Å². The van der Waals surface area contributed by atoms with Crippen molar-refractivity contribution in [3.05, 3.63) is 70.1 Å². The smallest absolute Gasteiger partial charge is 0.263 e. The molecule has 0 aliphatic carbocycles. The summed E-state index contributed by atoms with van der Waals surface area (Å²) in [7, 11) is 2.04. The van der Waals surface area contributed by atoms with Crippen LogP contribution in [0.1, 0.15) is 29.8 Å². The van der Waals surface area contributed by atoms with Crippen molar-refractivity contribution in [3.8, 4) is 11.4 Å². The van der Waals surface area contributed by atoms with Gasteiger partial charge in [-0.05, 0) is 68.7 Å². The Balaban J connectivity index is 1.97. The number of carbonyl (C=O) groups excluding carboxylic acids is 1. The first kappa shape index (κ1) is 21.6. The molecule has 0 atom stereocenters. The molecule has 3 rings (SSSR count). The fourth-order valence-electron chi connectivity index (χ4n) is 3.25. The summed E-state index contributed by atoms with van der Waals surface area (Å²) in [6.45, 7) is 8.79. The number of nitrogens with zero attached hydrogens (tertiary/aromatic N) is 2. The average molecular weight is 408 g/mol. The van der Waals surface area contributed by atoms with Crippen LogP contribution < -0.4 is 15.6 Å². The molecule has 1 heterocycles. The lowest BCUT2D eigenvalue weighted by Gasteiger charge is -2.15. The van der Waals surface area contributed by atoms with Gasteiger partial charge in [-0.2, -0.15) is 0 Å². The number of fused-ring (bicyclic) bond motifs is 1. The minimum atomic E-state index is -0.152. The van der Waals surface area contributed by atoms with Gasteiger partial charge >= 0.3 is 0 Å². The third-order valence-electron chi connectivity index (χ3n) is 5.23. The van der Waals surface area contributed by atoms with Gasteiger partial charge in [0.1, 0.15) is 12.4 Å². The topological polar surface area (TPSA) is 63.6 Å². The van der Waals surface area contributed by atoms with Crippen LogP contribution in [0.5, 0.6) is 5.75 Å². The van der Waals surface area contributed by atoms with E-state index < -0.39 is 0 Å². The summed E-state index contributed by atoms with van der Waals surface area (Å²) in [4.78, 5) is 27.7. The van der Waals surface area contributed by atoms with Gasteiger partial charge in [0.2, 0.25) is 0 Å². The molecule has 0 radical (unpaired) electrons. The summed E-state index contributed by atoms with van der Waals surface area (Å²) < 4.78 is 7.44. The van der Waals surface area contributed by atoms with Crippen molar-refractivity contribution in [2.24, 2.45) is 0 Å². The molecule has 2 aromatic carbocycles. The molecule has 0 unspecified atom stereocenters. The quantitative estimate of drug-likeness (QED) is 0.622. The van der Waals surface area contributed by atoms with Crippen LogP contribution in [0.25, 0.3) is 16.5 Å². The van der Waals surface area contributed by atoms with Crippen LogP contribution in [0.2, 0.25) is 0 Å².